The van der Waals surface area contributed by atoms with E-state index >= 15 is 0 Å². The molecule has 29 heavy (non-hydrogen) atoms. The van der Waals surface area contributed by atoms with Gasteiger partial charge in [0, 0.05) is 6.54 Å². The summed E-state index contributed by atoms with van der Waals surface area (Å²) in [5, 5.41) is 0. The van der Waals surface area contributed by atoms with Crippen molar-refractivity contribution < 1.29 is 14.2 Å². The van der Waals surface area contributed by atoms with Crippen LogP contribution < -0.4 is 14.2 Å². The summed E-state index contributed by atoms with van der Waals surface area (Å²) >= 11 is 0. The Morgan fingerprint density at radius 1 is 0.793 bits per heavy atom. The van der Waals surface area contributed by atoms with Crippen molar-refractivity contribution in [1.29, 1.82) is 0 Å². The molecule has 0 heterocycles. The third kappa shape index (κ3) is 6.53. The molecule has 158 valence electrons. The fourth-order valence-corrected chi connectivity index (χ4v) is 3.23. The second kappa shape index (κ2) is 12.2. The largest absolute Gasteiger partial charge is 0.490 e. The Hall–Kier alpha value is -2.46. The van der Waals surface area contributed by atoms with Crippen molar-refractivity contribution in [3.63, 3.8) is 0 Å². The molecule has 0 radical (unpaired) electrons. The van der Waals surface area contributed by atoms with Crippen LogP contribution in [0.4, 0.5) is 0 Å². The van der Waals surface area contributed by atoms with E-state index in [2.05, 4.69) is 61.2 Å². The quantitative estimate of drug-likeness (QED) is 0.426. The van der Waals surface area contributed by atoms with Crippen molar-refractivity contribution >= 4 is 11.6 Å². The number of likely N-dealkylation sites (N-methyl/N-ethyl adjacent to an activating group) is 1. The third-order valence-corrected chi connectivity index (χ3v) is 4.71. The first-order chi connectivity index (χ1) is 14.2. The molecule has 0 saturated heterocycles. The lowest BCUT2D eigenvalue weighted by molar-refractivity contribution is 0.260. The molecule has 0 saturated carbocycles. The molecular weight excluding hydrogens is 362 g/mol. The Labute approximate surface area is 176 Å². The standard InChI is InChI=1S/C25H35NO3/c1-6-26(7-2)19-22(16-20-14-12-11-13-15-20)21-17-23(27-8-3)25(29-10-5)24(18-21)28-9-4/h11-18H,6-10,19H2,1-5H3. The van der Waals surface area contributed by atoms with Crippen molar-refractivity contribution in [2.45, 2.75) is 34.6 Å². The SMILES string of the molecule is CCOc1cc(C(=Cc2ccccc2)CN(CC)CC)cc(OCC)c1OCC. The highest BCUT2D eigenvalue weighted by molar-refractivity contribution is 5.84. The van der Waals surface area contributed by atoms with Gasteiger partial charge in [0.05, 0.1) is 19.8 Å². The number of rotatable bonds is 12. The van der Waals surface area contributed by atoms with E-state index < -0.39 is 0 Å². The molecular formula is C25H35NO3. The lowest BCUT2D eigenvalue weighted by atomic mass is 10.0. The van der Waals surface area contributed by atoms with Gasteiger partial charge in [0.1, 0.15) is 0 Å². The molecule has 0 aliphatic rings. The summed E-state index contributed by atoms with van der Waals surface area (Å²) in [6.45, 7) is 14.9. The zero-order valence-electron chi connectivity index (χ0n) is 18.5. The van der Waals surface area contributed by atoms with Crippen LogP contribution in [0, 0.1) is 0 Å². The number of hydrogen-bond donors (Lipinski definition) is 0. The molecule has 0 amide bonds. The average molecular weight is 398 g/mol. The number of ether oxygens (including phenoxy) is 3. The molecule has 2 aromatic rings. The molecule has 0 N–H and O–H groups in total. The van der Waals surface area contributed by atoms with Gasteiger partial charge >= 0.3 is 0 Å². The molecule has 4 heteroatoms. The smallest absolute Gasteiger partial charge is 0.203 e. The minimum absolute atomic E-state index is 0.561. The minimum atomic E-state index is 0.561. The van der Waals surface area contributed by atoms with E-state index in [1.54, 1.807) is 0 Å². The van der Waals surface area contributed by atoms with Crippen LogP contribution in [0.5, 0.6) is 17.2 Å². The molecule has 0 aliphatic carbocycles. The van der Waals surface area contributed by atoms with Gasteiger partial charge in [-0.1, -0.05) is 44.2 Å². The van der Waals surface area contributed by atoms with E-state index in [0.717, 1.165) is 36.7 Å². The summed E-state index contributed by atoms with van der Waals surface area (Å²) in [7, 11) is 0. The van der Waals surface area contributed by atoms with Crippen LogP contribution in [0.25, 0.3) is 11.6 Å². The molecule has 0 aliphatic heterocycles. The van der Waals surface area contributed by atoms with E-state index in [0.29, 0.717) is 25.6 Å². The Morgan fingerprint density at radius 3 is 1.83 bits per heavy atom. The normalized spacial score (nSPS) is 11.6. The summed E-state index contributed by atoms with van der Waals surface area (Å²) in [6, 6.07) is 14.6. The summed E-state index contributed by atoms with van der Waals surface area (Å²) in [4.78, 5) is 2.41. The average Bonchev–Trinajstić information content (AvgIpc) is 2.74. The van der Waals surface area contributed by atoms with Crippen molar-refractivity contribution in [2.75, 3.05) is 39.5 Å². The molecule has 0 aromatic heterocycles. The van der Waals surface area contributed by atoms with E-state index in [1.165, 1.54) is 11.1 Å². The van der Waals surface area contributed by atoms with Gasteiger partial charge in [0.2, 0.25) is 5.75 Å². The fraction of sp³-hybridized carbons (Fsp3) is 0.440. The molecule has 2 aromatic carbocycles. The van der Waals surface area contributed by atoms with Crippen molar-refractivity contribution in [2.24, 2.45) is 0 Å². The van der Waals surface area contributed by atoms with E-state index in [-0.39, 0.29) is 0 Å². The van der Waals surface area contributed by atoms with E-state index in [1.807, 2.05) is 26.8 Å². The second-order valence-corrected chi connectivity index (χ2v) is 6.64. The molecule has 0 atom stereocenters. The van der Waals surface area contributed by atoms with Crippen LogP contribution in [0.2, 0.25) is 0 Å². The highest BCUT2D eigenvalue weighted by Crippen LogP contribution is 2.41. The van der Waals surface area contributed by atoms with Gasteiger partial charge in [0.15, 0.2) is 11.5 Å². The lowest BCUT2D eigenvalue weighted by Crippen LogP contribution is -2.24. The Balaban J connectivity index is 2.59. The van der Waals surface area contributed by atoms with Crippen LogP contribution >= 0.6 is 0 Å². The molecule has 2 rings (SSSR count). The van der Waals surface area contributed by atoms with Crippen LogP contribution in [0.3, 0.4) is 0 Å². The molecule has 0 unspecified atom stereocenters. The maximum absolute atomic E-state index is 5.93. The molecule has 0 spiro atoms. The van der Waals surface area contributed by atoms with Crippen LogP contribution in [0.15, 0.2) is 42.5 Å². The van der Waals surface area contributed by atoms with Crippen LogP contribution in [0.1, 0.15) is 45.7 Å². The lowest BCUT2D eigenvalue weighted by Gasteiger charge is -2.22. The summed E-state index contributed by atoms with van der Waals surface area (Å²) < 4.78 is 17.7. The van der Waals surface area contributed by atoms with E-state index in [9.17, 15) is 0 Å². The highest BCUT2D eigenvalue weighted by atomic mass is 16.5. The second-order valence-electron chi connectivity index (χ2n) is 6.64. The minimum Gasteiger partial charge on any atom is -0.490 e. The van der Waals surface area contributed by atoms with Crippen LogP contribution in [-0.4, -0.2) is 44.4 Å². The maximum atomic E-state index is 5.93. The number of benzene rings is 2. The van der Waals surface area contributed by atoms with Crippen molar-refractivity contribution in [3.05, 3.63) is 53.6 Å². The fourth-order valence-electron chi connectivity index (χ4n) is 3.23. The molecule has 0 bridgehead atoms. The summed E-state index contributed by atoms with van der Waals surface area (Å²) in [6.07, 6.45) is 2.25. The topological polar surface area (TPSA) is 30.9 Å². The first-order valence-corrected chi connectivity index (χ1v) is 10.7. The zero-order chi connectivity index (χ0) is 21.1. The third-order valence-electron chi connectivity index (χ3n) is 4.71. The van der Waals surface area contributed by atoms with Crippen molar-refractivity contribution in [3.8, 4) is 17.2 Å². The van der Waals surface area contributed by atoms with Gasteiger partial charge in [0.25, 0.3) is 0 Å². The maximum Gasteiger partial charge on any atom is 0.203 e. The predicted molar refractivity (Wildman–Crippen MR) is 122 cm³/mol. The van der Waals surface area contributed by atoms with Gasteiger partial charge in [-0.25, -0.2) is 0 Å². The number of nitrogens with zero attached hydrogens (tertiary/aromatic N) is 1. The van der Waals surface area contributed by atoms with E-state index in [4.69, 9.17) is 14.2 Å². The van der Waals surface area contributed by atoms with Gasteiger partial charge in [-0.15, -0.1) is 0 Å². The highest BCUT2D eigenvalue weighted by Gasteiger charge is 2.18. The Kier molecular flexibility index (Phi) is 9.58. The van der Waals surface area contributed by atoms with Gasteiger partial charge in [-0.05, 0) is 68.8 Å². The first kappa shape index (κ1) is 22.8. The zero-order valence-corrected chi connectivity index (χ0v) is 18.5. The summed E-state index contributed by atoms with van der Waals surface area (Å²) in [5.41, 5.74) is 3.50. The molecule has 0 fully saturated rings. The number of hydrogen-bond acceptors (Lipinski definition) is 4. The Morgan fingerprint density at radius 2 is 1.34 bits per heavy atom. The predicted octanol–water partition coefficient (Wildman–Crippen LogP) is 5.77. The molecule has 4 nitrogen and oxygen atoms in total. The first-order valence-electron chi connectivity index (χ1n) is 10.7. The summed E-state index contributed by atoms with van der Waals surface area (Å²) in [5.74, 6) is 2.14. The van der Waals surface area contributed by atoms with Gasteiger partial charge in [-0.2, -0.15) is 0 Å². The van der Waals surface area contributed by atoms with Gasteiger partial charge < -0.3 is 14.2 Å². The van der Waals surface area contributed by atoms with Crippen LogP contribution in [-0.2, 0) is 0 Å². The van der Waals surface area contributed by atoms with Crippen molar-refractivity contribution in [1.82, 2.24) is 4.90 Å². The van der Waals surface area contributed by atoms with Gasteiger partial charge in [-0.3, -0.25) is 4.90 Å². The Bertz CT molecular complexity index is 740. The monoisotopic (exact) mass is 397 g/mol.